The van der Waals surface area contributed by atoms with Crippen molar-refractivity contribution in [1.82, 2.24) is 10.2 Å². The van der Waals surface area contributed by atoms with Crippen LogP contribution in [-0.2, 0) is 32.6 Å². The quantitative estimate of drug-likeness (QED) is 0.189. The summed E-state index contributed by atoms with van der Waals surface area (Å²) in [4.78, 5) is 29.7. The molecule has 47 heavy (non-hydrogen) atoms. The lowest BCUT2D eigenvalue weighted by atomic mass is 10.0. The van der Waals surface area contributed by atoms with Crippen LogP contribution in [0.3, 0.4) is 0 Å². The Bertz CT molecular complexity index is 1770. The number of benzene rings is 4. The Hall–Kier alpha value is -4.83. The lowest BCUT2D eigenvalue weighted by Gasteiger charge is -2.34. The number of hydrogen-bond acceptors (Lipinski definition) is 6. The highest BCUT2D eigenvalue weighted by Gasteiger charge is 2.35. The van der Waals surface area contributed by atoms with Crippen molar-refractivity contribution in [1.29, 1.82) is 0 Å². The van der Waals surface area contributed by atoms with E-state index in [1.165, 1.54) is 37.3 Å². The molecule has 248 valence electrons. The number of carbonyl (C=O) groups is 2. The number of anilines is 1. The number of rotatable bonds is 14. The molecule has 0 fully saturated rings. The summed E-state index contributed by atoms with van der Waals surface area (Å²) in [5.74, 6) is -0.241. The van der Waals surface area contributed by atoms with E-state index in [0.29, 0.717) is 18.0 Å². The van der Waals surface area contributed by atoms with Gasteiger partial charge >= 0.3 is 0 Å². The molecule has 9 nitrogen and oxygen atoms in total. The molecule has 1 atom stereocenters. The van der Waals surface area contributed by atoms with E-state index in [1.54, 1.807) is 12.1 Å². The molecule has 1 unspecified atom stereocenters. The molecule has 0 heterocycles. The van der Waals surface area contributed by atoms with Gasteiger partial charge in [-0.15, -0.1) is 0 Å². The van der Waals surface area contributed by atoms with Crippen molar-refractivity contribution in [3.63, 3.8) is 0 Å². The van der Waals surface area contributed by atoms with E-state index in [9.17, 15) is 18.0 Å². The van der Waals surface area contributed by atoms with Crippen molar-refractivity contribution in [2.45, 2.75) is 51.6 Å². The molecular weight excluding hydrogens is 614 g/mol. The van der Waals surface area contributed by atoms with Gasteiger partial charge in [-0.25, -0.2) is 8.42 Å². The van der Waals surface area contributed by atoms with Gasteiger partial charge in [-0.3, -0.25) is 13.9 Å². The average molecular weight is 658 g/mol. The Morgan fingerprint density at radius 2 is 1.40 bits per heavy atom. The fraction of sp³-hybridized carbons (Fsp3) is 0.297. The monoisotopic (exact) mass is 657 g/mol. The van der Waals surface area contributed by atoms with Gasteiger partial charge in [-0.05, 0) is 74.2 Å². The number of nitrogens with zero attached hydrogens (tertiary/aromatic N) is 2. The fourth-order valence-corrected chi connectivity index (χ4v) is 6.88. The second-order valence-electron chi connectivity index (χ2n) is 11.5. The number of aryl methyl sites for hydroxylation is 3. The lowest BCUT2D eigenvalue weighted by Crippen LogP contribution is -2.53. The first-order chi connectivity index (χ1) is 22.5. The van der Waals surface area contributed by atoms with Crippen LogP contribution >= 0.6 is 0 Å². The van der Waals surface area contributed by atoms with Crippen molar-refractivity contribution >= 4 is 27.5 Å². The van der Waals surface area contributed by atoms with E-state index >= 15 is 0 Å². The smallest absolute Gasteiger partial charge is 0.264 e. The summed E-state index contributed by atoms with van der Waals surface area (Å²) in [5, 5.41) is 2.89. The Kier molecular flexibility index (Phi) is 11.7. The predicted octanol–water partition coefficient (Wildman–Crippen LogP) is 5.60. The number of amides is 2. The van der Waals surface area contributed by atoms with E-state index in [0.717, 1.165) is 32.1 Å². The normalized spacial score (nSPS) is 11.8. The van der Waals surface area contributed by atoms with Crippen LogP contribution in [0.15, 0.2) is 95.9 Å². The zero-order valence-corrected chi connectivity index (χ0v) is 28.6. The average Bonchev–Trinajstić information content (AvgIpc) is 3.05. The van der Waals surface area contributed by atoms with Gasteiger partial charge in [-0.1, -0.05) is 66.2 Å². The summed E-state index contributed by atoms with van der Waals surface area (Å²) < 4.78 is 40.7. The molecule has 0 spiro atoms. The Morgan fingerprint density at radius 1 is 0.766 bits per heavy atom. The van der Waals surface area contributed by atoms with Crippen molar-refractivity contribution in [2.24, 2.45) is 0 Å². The summed E-state index contributed by atoms with van der Waals surface area (Å²) in [6, 6.07) is 26.0. The summed E-state index contributed by atoms with van der Waals surface area (Å²) in [6.45, 7) is 7.46. The topological polar surface area (TPSA) is 105 Å². The third kappa shape index (κ3) is 8.71. The molecule has 2 amide bonds. The first-order valence-corrected chi connectivity index (χ1v) is 16.9. The maximum atomic E-state index is 14.6. The van der Waals surface area contributed by atoms with Crippen LogP contribution < -0.4 is 19.1 Å². The lowest BCUT2D eigenvalue weighted by molar-refractivity contribution is -0.140. The molecule has 0 radical (unpaired) electrons. The standard InChI is InChI=1S/C37H43N3O6S/c1-7-38-37(42)33(22-29-11-9-8-10-12-29)39(24-30-15-13-26(2)14-16-30)36(41)25-40(31-20-27(3)19-28(4)21-31)47(43,44)32-17-18-34(45-5)35(23-32)46-6/h8-21,23,33H,7,22,24-25H2,1-6H3,(H,38,42). The molecule has 4 aromatic rings. The minimum absolute atomic E-state index is 0.0724. The second-order valence-corrected chi connectivity index (χ2v) is 13.3. The first kappa shape index (κ1) is 35.0. The van der Waals surface area contributed by atoms with Crippen LogP contribution in [0.2, 0.25) is 0 Å². The summed E-state index contributed by atoms with van der Waals surface area (Å²) in [5.41, 5.74) is 4.74. The van der Waals surface area contributed by atoms with E-state index in [-0.39, 0.29) is 29.5 Å². The molecule has 0 aliphatic heterocycles. The fourth-order valence-electron chi connectivity index (χ4n) is 5.46. The number of methoxy groups -OCH3 is 2. The van der Waals surface area contributed by atoms with Crippen molar-refractivity contribution < 1.29 is 27.5 Å². The minimum Gasteiger partial charge on any atom is -0.493 e. The van der Waals surface area contributed by atoms with Gasteiger partial charge < -0.3 is 19.7 Å². The minimum atomic E-state index is -4.32. The van der Waals surface area contributed by atoms with E-state index in [2.05, 4.69) is 5.32 Å². The Morgan fingerprint density at radius 3 is 2.00 bits per heavy atom. The van der Waals surface area contributed by atoms with E-state index in [4.69, 9.17) is 9.47 Å². The summed E-state index contributed by atoms with van der Waals surface area (Å²) in [6.07, 6.45) is 0.246. The molecule has 0 aliphatic rings. The Labute approximate surface area is 278 Å². The number of nitrogens with one attached hydrogen (secondary N) is 1. The maximum Gasteiger partial charge on any atom is 0.264 e. The molecular formula is C37H43N3O6S. The highest BCUT2D eigenvalue weighted by molar-refractivity contribution is 7.92. The number of ether oxygens (including phenoxy) is 2. The second kappa shape index (κ2) is 15.6. The molecule has 0 bridgehead atoms. The number of sulfonamides is 1. The molecule has 10 heteroatoms. The number of carbonyl (C=O) groups excluding carboxylic acids is 2. The highest BCUT2D eigenvalue weighted by Crippen LogP contribution is 2.33. The van der Waals surface area contributed by atoms with Crippen LogP contribution in [0.5, 0.6) is 11.5 Å². The largest absolute Gasteiger partial charge is 0.493 e. The van der Waals surface area contributed by atoms with Crippen molar-refractivity contribution in [3.8, 4) is 11.5 Å². The first-order valence-electron chi connectivity index (χ1n) is 15.5. The van der Waals surface area contributed by atoms with Crippen LogP contribution in [-0.4, -0.2) is 58.5 Å². The molecule has 0 saturated heterocycles. The molecule has 0 aromatic heterocycles. The molecule has 4 aromatic carbocycles. The Balaban J connectivity index is 1.84. The van der Waals surface area contributed by atoms with Crippen molar-refractivity contribution in [2.75, 3.05) is 31.6 Å². The van der Waals surface area contributed by atoms with Gasteiger partial charge in [-0.2, -0.15) is 0 Å². The molecule has 4 rings (SSSR count). The van der Waals surface area contributed by atoms with E-state index in [1.807, 2.05) is 88.4 Å². The van der Waals surface area contributed by atoms with Crippen LogP contribution in [0, 0.1) is 20.8 Å². The van der Waals surface area contributed by atoms with Crippen LogP contribution in [0.4, 0.5) is 5.69 Å². The van der Waals surface area contributed by atoms with Gasteiger partial charge in [0.25, 0.3) is 10.0 Å². The SMILES string of the molecule is CCNC(=O)C(Cc1ccccc1)N(Cc1ccc(C)cc1)C(=O)CN(c1cc(C)cc(C)c1)S(=O)(=O)c1ccc(OC)c(OC)c1. The summed E-state index contributed by atoms with van der Waals surface area (Å²) >= 11 is 0. The van der Waals surface area contributed by atoms with Crippen LogP contribution in [0.1, 0.15) is 34.7 Å². The molecule has 0 aliphatic carbocycles. The molecule has 1 N–H and O–H groups in total. The molecule has 0 saturated carbocycles. The van der Waals surface area contributed by atoms with Gasteiger partial charge in [0.15, 0.2) is 11.5 Å². The van der Waals surface area contributed by atoms with Crippen molar-refractivity contribution in [3.05, 3.63) is 119 Å². The zero-order valence-electron chi connectivity index (χ0n) is 27.8. The third-order valence-corrected chi connectivity index (χ3v) is 9.58. The van der Waals surface area contributed by atoms with Crippen LogP contribution in [0.25, 0.3) is 0 Å². The highest BCUT2D eigenvalue weighted by atomic mass is 32.2. The van der Waals surface area contributed by atoms with Gasteiger partial charge in [0.2, 0.25) is 11.8 Å². The van der Waals surface area contributed by atoms with Gasteiger partial charge in [0.1, 0.15) is 12.6 Å². The van der Waals surface area contributed by atoms with Gasteiger partial charge in [0, 0.05) is 25.6 Å². The third-order valence-electron chi connectivity index (χ3n) is 7.81. The summed E-state index contributed by atoms with van der Waals surface area (Å²) in [7, 11) is -1.42. The zero-order chi connectivity index (χ0) is 34.1. The number of hydrogen-bond donors (Lipinski definition) is 1. The predicted molar refractivity (Wildman–Crippen MR) is 184 cm³/mol. The number of likely N-dealkylation sites (N-methyl/N-ethyl adjacent to an activating group) is 1. The van der Waals surface area contributed by atoms with Gasteiger partial charge in [0.05, 0.1) is 24.8 Å². The van der Waals surface area contributed by atoms with E-state index < -0.39 is 28.5 Å². The maximum absolute atomic E-state index is 14.6.